The summed E-state index contributed by atoms with van der Waals surface area (Å²) in [6, 6.07) is 4.93. The van der Waals surface area contributed by atoms with Crippen LogP contribution >= 0.6 is 0 Å². The predicted molar refractivity (Wildman–Crippen MR) is 55.7 cm³/mol. The van der Waals surface area contributed by atoms with Crippen LogP contribution in [0.5, 0.6) is 0 Å². The predicted octanol–water partition coefficient (Wildman–Crippen LogP) is 3.32. The van der Waals surface area contributed by atoms with E-state index in [0.717, 1.165) is 23.7 Å². The second kappa shape index (κ2) is 1.80. The van der Waals surface area contributed by atoms with Gasteiger partial charge in [-0.25, -0.2) is 0 Å². The first kappa shape index (κ1) is 6.66. The van der Waals surface area contributed by atoms with Crippen molar-refractivity contribution in [2.75, 3.05) is 0 Å². The minimum atomic E-state index is 0.970. The maximum absolute atomic E-state index is 2.46. The molecule has 6 rings (SSSR count). The van der Waals surface area contributed by atoms with E-state index in [4.69, 9.17) is 0 Å². The van der Waals surface area contributed by atoms with Gasteiger partial charge in [0.2, 0.25) is 0 Å². The van der Waals surface area contributed by atoms with Crippen LogP contribution in [0, 0.1) is 5.92 Å². The van der Waals surface area contributed by atoms with Crippen molar-refractivity contribution in [3.8, 4) is 0 Å². The Morgan fingerprint density at radius 2 is 1.79 bits per heavy atom. The number of rotatable bonds is 0. The lowest BCUT2D eigenvalue weighted by Crippen LogP contribution is -2.07. The van der Waals surface area contributed by atoms with E-state index in [9.17, 15) is 0 Å². The third kappa shape index (κ3) is 0.549. The molecule has 14 heavy (non-hydrogen) atoms. The lowest BCUT2D eigenvalue weighted by molar-refractivity contribution is 0.404. The Kier molecular flexibility index (Phi) is 0.857. The van der Waals surface area contributed by atoms with Crippen molar-refractivity contribution in [1.82, 2.24) is 0 Å². The molecule has 5 aliphatic carbocycles. The van der Waals surface area contributed by atoms with Gasteiger partial charge in [-0.3, -0.25) is 0 Å². The van der Waals surface area contributed by atoms with Crippen LogP contribution in [0.1, 0.15) is 59.3 Å². The van der Waals surface area contributed by atoms with E-state index in [-0.39, 0.29) is 0 Å². The zero-order valence-electron chi connectivity index (χ0n) is 8.29. The first-order valence-electron chi connectivity index (χ1n) is 6.07. The summed E-state index contributed by atoms with van der Waals surface area (Å²) in [7, 11) is 0. The van der Waals surface area contributed by atoms with Gasteiger partial charge in [0.1, 0.15) is 0 Å². The first-order valence-corrected chi connectivity index (χ1v) is 6.07. The van der Waals surface area contributed by atoms with Gasteiger partial charge >= 0.3 is 0 Å². The Bertz CT molecular complexity index is 451. The molecule has 1 aromatic carbocycles. The second-order valence-corrected chi connectivity index (χ2v) is 5.81. The Morgan fingerprint density at radius 1 is 0.929 bits per heavy atom. The fraction of sp³-hybridized carbons (Fsp3) is 0.571. The molecule has 0 heteroatoms. The molecule has 2 fully saturated rings. The van der Waals surface area contributed by atoms with E-state index < -0.39 is 0 Å². The number of hydrogen-bond acceptors (Lipinski definition) is 0. The standard InChI is InChI=1S/C14H14/c1-2-11-12-5-8(12)6-13(11)14-9-3-7(4-9)10(1)14/h1-2,7-9,12H,3-6H2. The zero-order chi connectivity index (χ0) is 8.86. The van der Waals surface area contributed by atoms with Crippen molar-refractivity contribution in [2.24, 2.45) is 5.92 Å². The highest BCUT2D eigenvalue weighted by Crippen LogP contribution is 2.64. The summed E-state index contributed by atoms with van der Waals surface area (Å²) in [4.78, 5) is 0. The molecule has 2 atom stereocenters. The first-order chi connectivity index (χ1) is 6.92. The molecule has 2 unspecified atom stereocenters. The van der Waals surface area contributed by atoms with Gasteiger partial charge in [0.15, 0.2) is 0 Å². The van der Waals surface area contributed by atoms with Crippen LogP contribution in [0.3, 0.4) is 0 Å². The number of benzene rings is 1. The van der Waals surface area contributed by atoms with Crippen molar-refractivity contribution < 1.29 is 0 Å². The van der Waals surface area contributed by atoms with Crippen molar-refractivity contribution >= 4 is 0 Å². The van der Waals surface area contributed by atoms with Gasteiger partial charge in [-0.2, -0.15) is 0 Å². The number of hydrogen-bond donors (Lipinski definition) is 0. The second-order valence-electron chi connectivity index (χ2n) is 5.81. The fourth-order valence-electron chi connectivity index (χ4n) is 4.34. The summed E-state index contributed by atoms with van der Waals surface area (Å²) in [5.41, 5.74) is 7.14. The SMILES string of the molecule is c1cc2c(c3c1C1CC3C1)CC1CC21. The average molecular weight is 182 g/mol. The molecule has 0 radical (unpaired) electrons. The van der Waals surface area contributed by atoms with Crippen LogP contribution in [0.15, 0.2) is 12.1 Å². The van der Waals surface area contributed by atoms with Gasteiger partial charge < -0.3 is 0 Å². The topological polar surface area (TPSA) is 0 Å². The molecule has 0 amide bonds. The fourth-order valence-corrected chi connectivity index (χ4v) is 4.34. The number of fused-ring (bicyclic) bond motifs is 3. The van der Waals surface area contributed by atoms with Gasteiger partial charge in [0.05, 0.1) is 0 Å². The van der Waals surface area contributed by atoms with Gasteiger partial charge in [0, 0.05) is 0 Å². The molecule has 0 spiro atoms. The van der Waals surface area contributed by atoms with Crippen LogP contribution in [0.4, 0.5) is 0 Å². The Morgan fingerprint density at radius 3 is 2.71 bits per heavy atom. The highest BCUT2D eigenvalue weighted by molar-refractivity contribution is 5.56. The maximum Gasteiger partial charge on any atom is -0.0124 e. The summed E-state index contributed by atoms with van der Waals surface area (Å²) in [5, 5.41) is 0. The largest absolute Gasteiger partial charge is 0.0582 e. The molecule has 2 saturated carbocycles. The van der Waals surface area contributed by atoms with Gasteiger partial charge in [-0.05, 0) is 71.6 Å². The Balaban J connectivity index is 1.85. The Labute approximate surface area is 84.3 Å². The summed E-state index contributed by atoms with van der Waals surface area (Å²) >= 11 is 0. The Hall–Kier alpha value is -0.780. The summed E-state index contributed by atoms with van der Waals surface area (Å²) in [6.07, 6.45) is 5.91. The van der Waals surface area contributed by atoms with Crippen LogP contribution in [-0.4, -0.2) is 0 Å². The molecule has 1 aromatic rings. The molecular formula is C14H14. The molecule has 0 N–H and O–H groups in total. The van der Waals surface area contributed by atoms with Crippen molar-refractivity contribution in [2.45, 2.75) is 43.4 Å². The van der Waals surface area contributed by atoms with Crippen molar-refractivity contribution in [1.29, 1.82) is 0 Å². The minimum Gasteiger partial charge on any atom is -0.0582 e. The van der Waals surface area contributed by atoms with E-state index >= 15 is 0 Å². The molecule has 70 valence electrons. The van der Waals surface area contributed by atoms with Gasteiger partial charge in [0.25, 0.3) is 0 Å². The average Bonchev–Trinajstić information content (AvgIpc) is 2.58. The van der Waals surface area contributed by atoms with Crippen LogP contribution < -0.4 is 0 Å². The molecule has 0 saturated heterocycles. The monoisotopic (exact) mass is 182 g/mol. The maximum atomic E-state index is 2.46. The van der Waals surface area contributed by atoms with E-state index in [2.05, 4.69) is 12.1 Å². The normalized spacial score (nSPS) is 44.0. The van der Waals surface area contributed by atoms with Crippen LogP contribution in [0.2, 0.25) is 0 Å². The lowest BCUT2D eigenvalue weighted by atomic mass is 9.81. The quantitative estimate of drug-likeness (QED) is 0.577. The zero-order valence-corrected chi connectivity index (χ0v) is 8.29. The van der Waals surface area contributed by atoms with E-state index in [1.54, 1.807) is 11.1 Å². The molecule has 0 nitrogen and oxygen atoms in total. The third-order valence-electron chi connectivity index (χ3n) is 5.20. The van der Waals surface area contributed by atoms with Crippen molar-refractivity contribution in [3.05, 3.63) is 34.4 Å². The van der Waals surface area contributed by atoms with Crippen molar-refractivity contribution in [3.63, 3.8) is 0 Å². The molecule has 0 aromatic heterocycles. The van der Waals surface area contributed by atoms with E-state index in [1.165, 1.54) is 25.7 Å². The third-order valence-corrected chi connectivity index (χ3v) is 5.20. The molecule has 5 aliphatic rings. The lowest BCUT2D eigenvalue weighted by Gasteiger charge is -2.23. The molecule has 2 bridgehead atoms. The van der Waals surface area contributed by atoms with E-state index in [1.807, 2.05) is 11.1 Å². The van der Waals surface area contributed by atoms with Crippen LogP contribution in [0.25, 0.3) is 0 Å². The smallest absolute Gasteiger partial charge is 0.0124 e. The molecule has 0 heterocycles. The highest BCUT2D eigenvalue weighted by atomic mass is 14.5. The molecule has 0 aliphatic heterocycles. The highest BCUT2D eigenvalue weighted by Gasteiger charge is 2.50. The summed E-state index contributed by atoms with van der Waals surface area (Å²) in [5.74, 6) is 4.02. The van der Waals surface area contributed by atoms with Gasteiger partial charge in [-0.1, -0.05) is 12.1 Å². The van der Waals surface area contributed by atoms with E-state index in [0.29, 0.717) is 0 Å². The minimum absolute atomic E-state index is 0.970. The van der Waals surface area contributed by atoms with Gasteiger partial charge in [-0.15, -0.1) is 0 Å². The summed E-state index contributed by atoms with van der Waals surface area (Å²) in [6.45, 7) is 0. The van der Waals surface area contributed by atoms with Crippen LogP contribution in [-0.2, 0) is 6.42 Å². The summed E-state index contributed by atoms with van der Waals surface area (Å²) < 4.78 is 0. The molecular weight excluding hydrogens is 168 g/mol.